The van der Waals surface area contributed by atoms with E-state index in [1.807, 2.05) is 6.20 Å². The molecule has 0 saturated carbocycles. The quantitative estimate of drug-likeness (QED) is 0.815. The molecule has 1 rings (SSSR count). The average Bonchev–Trinajstić information content (AvgIpc) is 2.74. The minimum Gasteiger partial charge on any atom is -0.450 e. The Morgan fingerprint density at radius 1 is 1.56 bits per heavy atom. The second-order valence-electron chi connectivity index (χ2n) is 3.53. The lowest BCUT2D eigenvalue weighted by molar-refractivity contribution is 0.158. The van der Waals surface area contributed by atoms with Crippen LogP contribution in [-0.4, -0.2) is 22.8 Å². The van der Waals surface area contributed by atoms with E-state index >= 15 is 0 Å². The van der Waals surface area contributed by atoms with Gasteiger partial charge in [-0.05, 0) is 32.0 Å². The second kappa shape index (κ2) is 7.99. The first-order valence-electron chi connectivity index (χ1n) is 5.85. The highest BCUT2D eigenvalue weighted by atomic mass is 32.1. The Kier molecular flexibility index (Phi) is 6.59. The fourth-order valence-corrected chi connectivity index (χ4v) is 2.32. The lowest BCUT2D eigenvalue weighted by Crippen LogP contribution is -2.34. The van der Waals surface area contributed by atoms with Crippen LogP contribution in [0, 0.1) is 0 Å². The summed E-state index contributed by atoms with van der Waals surface area (Å²) in [5, 5.41) is 6.14. The van der Waals surface area contributed by atoms with E-state index in [-0.39, 0.29) is 5.11 Å². The summed E-state index contributed by atoms with van der Waals surface area (Å²) >= 11 is 6.51. The van der Waals surface area contributed by atoms with Gasteiger partial charge in [0.15, 0.2) is 10.2 Å². The summed E-state index contributed by atoms with van der Waals surface area (Å²) in [7, 11) is 0. The summed E-state index contributed by atoms with van der Waals surface area (Å²) in [6.45, 7) is 4.20. The van der Waals surface area contributed by atoms with Crippen LogP contribution in [0.15, 0.2) is 6.20 Å². The topological polar surface area (TPSA) is 63.2 Å². The Hall–Kier alpha value is -1.21. The zero-order chi connectivity index (χ0) is 13.4. The van der Waals surface area contributed by atoms with Crippen LogP contribution >= 0.6 is 23.6 Å². The normalized spacial score (nSPS) is 9.89. The van der Waals surface area contributed by atoms with Crippen LogP contribution in [-0.2, 0) is 11.2 Å². The van der Waals surface area contributed by atoms with E-state index in [0.29, 0.717) is 11.7 Å². The van der Waals surface area contributed by atoms with Crippen molar-refractivity contribution >= 4 is 39.9 Å². The molecule has 0 bridgehead atoms. The number of ether oxygens (including phenoxy) is 1. The van der Waals surface area contributed by atoms with Gasteiger partial charge in [0.05, 0.1) is 6.61 Å². The number of nitrogens with one attached hydrogen (secondary N) is 2. The molecule has 0 saturated heterocycles. The molecule has 0 aliphatic carbocycles. The largest absolute Gasteiger partial charge is 0.450 e. The molecule has 0 aliphatic heterocycles. The molecule has 0 atom stereocenters. The molecule has 2 N–H and O–H groups in total. The third kappa shape index (κ3) is 5.42. The van der Waals surface area contributed by atoms with Gasteiger partial charge in [-0.1, -0.05) is 13.3 Å². The maximum absolute atomic E-state index is 11.1. The summed E-state index contributed by atoms with van der Waals surface area (Å²) in [5.74, 6) is 0. The standard InChI is InChI=1S/C11H17N3O2S2/c1-3-5-6-8-7-12-10(18-8)13-9(17)14-11(15)16-4-2/h7H,3-6H2,1-2H3,(H2,12,13,14,15,17). The van der Waals surface area contributed by atoms with Crippen molar-refractivity contribution in [3.8, 4) is 0 Å². The molecule has 18 heavy (non-hydrogen) atoms. The smallest absolute Gasteiger partial charge is 0.413 e. The van der Waals surface area contributed by atoms with Crippen LogP contribution in [0.1, 0.15) is 31.6 Å². The zero-order valence-electron chi connectivity index (χ0n) is 10.5. The van der Waals surface area contributed by atoms with Crippen LogP contribution < -0.4 is 10.6 Å². The number of thiocarbonyl (C=S) groups is 1. The van der Waals surface area contributed by atoms with Crippen LogP contribution in [0.2, 0.25) is 0 Å². The molecular weight excluding hydrogens is 270 g/mol. The molecule has 0 aliphatic rings. The van der Waals surface area contributed by atoms with E-state index in [2.05, 4.69) is 22.5 Å². The molecule has 1 aromatic heterocycles. The van der Waals surface area contributed by atoms with Gasteiger partial charge in [0.1, 0.15) is 0 Å². The third-order valence-corrected chi connectivity index (χ3v) is 3.22. The van der Waals surface area contributed by atoms with Crippen LogP contribution in [0.5, 0.6) is 0 Å². The summed E-state index contributed by atoms with van der Waals surface area (Å²) < 4.78 is 4.71. The molecule has 0 radical (unpaired) electrons. The minimum atomic E-state index is -0.558. The predicted molar refractivity (Wildman–Crippen MR) is 77.1 cm³/mol. The van der Waals surface area contributed by atoms with Crippen LogP contribution in [0.4, 0.5) is 9.93 Å². The summed E-state index contributed by atoms with van der Waals surface area (Å²) in [4.78, 5) is 16.5. The lowest BCUT2D eigenvalue weighted by Gasteiger charge is -2.06. The van der Waals surface area contributed by atoms with Gasteiger partial charge in [-0.3, -0.25) is 5.32 Å². The number of alkyl carbamates (subject to hydrolysis) is 1. The number of hydrogen-bond donors (Lipinski definition) is 2. The Bertz CT molecular complexity index is 407. The summed E-state index contributed by atoms with van der Waals surface area (Å²) in [6.07, 6.45) is 4.60. The number of carbonyl (C=O) groups excluding carboxylic acids is 1. The summed E-state index contributed by atoms with van der Waals surface area (Å²) in [6, 6.07) is 0. The molecule has 0 spiro atoms. The summed E-state index contributed by atoms with van der Waals surface area (Å²) in [5.41, 5.74) is 0. The van der Waals surface area contributed by atoms with Gasteiger partial charge in [-0.25, -0.2) is 9.78 Å². The first-order valence-corrected chi connectivity index (χ1v) is 7.07. The van der Waals surface area contributed by atoms with Gasteiger partial charge < -0.3 is 10.1 Å². The van der Waals surface area contributed by atoms with Crippen LogP contribution in [0.3, 0.4) is 0 Å². The molecule has 7 heteroatoms. The fourth-order valence-electron chi connectivity index (χ4n) is 1.22. The molecule has 100 valence electrons. The number of unbranched alkanes of at least 4 members (excludes halogenated alkanes) is 1. The predicted octanol–water partition coefficient (Wildman–Crippen LogP) is 2.93. The molecular formula is C11H17N3O2S2. The Morgan fingerprint density at radius 2 is 2.33 bits per heavy atom. The van der Waals surface area contributed by atoms with Crippen molar-refractivity contribution in [2.24, 2.45) is 0 Å². The van der Waals surface area contributed by atoms with Crippen LogP contribution in [0.25, 0.3) is 0 Å². The number of rotatable bonds is 5. The van der Waals surface area contributed by atoms with E-state index in [4.69, 9.17) is 17.0 Å². The van der Waals surface area contributed by atoms with Crippen molar-refractivity contribution in [2.45, 2.75) is 33.1 Å². The molecule has 1 aromatic rings. The van der Waals surface area contributed by atoms with Crippen molar-refractivity contribution < 1.29 is 9.53 Å². The number of hydrogen-bond acceptors (Lipinski definition) is 5. The SMILES string of the molecule is CCCCc1cnc(NC(=S)NC(=O)OCC)s1. The molecule has 0 aromatic carbocycles. The Balaban J connectivity index is 2.39. The highest BCUT2D eigenvalue weighted by Gasteiger charge is 2.07. The number of amides is 1. The maximum Gasteiger partial charge on any atom is 0.413 e. The molecule has 0 unspecified atom stereocenters. The third-order valence-electron chi connectivity index (χ3n) is 2.04. The monoisotopic (exact) mass is 287 g/mol. The van der Waals surface area contributed by atoms with Crippen molar-refractivity contribution in [1.82, 2.24) is 10.3 Å². The maximum atomic E-state index is 11.1. The van der Waals surface area contributed by atoms with Gasteiger partial charge in [-0.2, -0.15) is 0 Å². The average molecular weight is 287 g/mol. The van der Waals surface area contributed by atoms with Crippen molar-refractivity contribution in [1.29, 1.82) is 0 Å². The molecule has 0 fully saturated rings. The van der Waals surface area contributed by atoms with Gasteiger partial charge >= 0.3 is 6.09 Å². The molecule has 5 nitrogen and oxygen atoms in total. The van der Waals surface area contributed by atoms with E-state index in [1.165, 1.54) is 16.2 Å². The van der Waals surface area contributed by atoms with Gasteiger partial charge in [0.25, 0.3) is 0 Å². The highest BCUT2D eigenvalue weighted by molar-refractivity contribution is 7.80. The fraction of sp³-hybridized carbons (Fsp3) is 0.545. The van der Waals surface area contributed by atoms with E-state index in [0.717, 1.165) is 19.3 Å². The Morgan fingerprint density at radius 3 is 3.00 bits per heavy atom. The van der Waals surface area contributed by atoms with Gasteiger partial charge in [0, 0.05) is 11.1 Å². The minimum absolute atomic E-state index is 0.199. The number of aromatic nitrogens is 1. The van der Waals surface area contributed by atoms with Crippen molar-refractivity contribution in [2.75, 3.05) is 11.9 Å². The van der Waals surface area contributed by atoms with E-state index < -0.39 is 6.09 Å². The first kappa shape index (κ1) is 14.8. The van der Waals surface area contributed by atoms with Crippen molar-refractivity contribution in [3.05, 3.63) is 11.1 Å². The van der Waals surface area contributed by atoms with Gasteiger partial charge in [0.2, 0.25) is 0 Å². The highest BCUT2D eigenvalue weighted by Crippen LogP contribution is 2.19. The number of anilines is 1. The second-order valence-corrected chi connectivity index (χ2v) is 5.06. The first-order chi connectivity index (χ1) is 8.65. The van der Waals surface area contributed by atoms with E-state index in [9.17, 15) is 4.79 Å². The lowest BCUT2D eigenvalue weighted by atomic mass is 10.2. The zero-order valence-corrected chi connectivity index (χ0v) is 12.1. The molecule has 1 heterocycles. The van der Waals surface area contributed by atoms with Gasteiger partial charge in [-0.15, -0.1) is 11.3 Å². The number of thiazole rings is 1. The number of aryl methyl sites for hydroxylation is 1. The number of nitrogens with zero attached hydrogens (tertiary/aromatic N) is 1. The molecule has 1 amide bonds. The Labute approximate surface area is 116 Å². The van der Waals surface area contributed by atoms with E-state index in [1.54, 1.807) is 6.92 Å². The van der Waals surface area contributed by atoms with Crippen molar-refractivity contribution in [3.63, 3.8) is 0 Å². The number of carbonyl (C=O) groups is 1.